The molecule has 0 aromatic heterocycles. The number of imide groups is 1. The molecule has 1 rings (SSSR count). The minimum absolute atomic E-state index is 0.200. The molecule has 8 nitrogen and oxygen atoms in total. The predicted octanol–water partition coefficient (Wildman–Crippen LogP) is 1.11. The van der Waals surface area contributed by atoms with Crippen LogP contribution in [-0.2, 0) is 14.3 Å². The van der Waals surface area contributed by atoms with Gasteiger partial charge in [0.1, 0.15) is 6.54 Å². The van der Waals surface area contributed by atoms with E-state index in [4.69, 9.17) is 27.9 Å². The molecule has 1 aromatic rings. The van der Waals surface area contributed by atoms with Crippen molar-refractivity contribution in [1.29, 1.82) is 0 Å². The number of amides is 4. The van der Waals surface area contributed by atoms with Crippen LogP contribution in [0.4, 0.5) is 4.79 Å². The fourth-order valence-corrected chi connectivity index (χ4v) is 1.76. The van der Waals surface area contributed by atoms with Gasteiger partial charge in [0, 0.05) is 12.6 Å². The molecule has 0 aliphatic carbocycles. The van der Waals surface area contributed by atoms with Crippen molar-refractivity contribution in [3.8, 4) is 0 Å². The van der Waals surface area contributed by atoms with Crippen molar-refractivity contribution in [2.75, 3.05) is 13.6 Å². The number of urea groups is 1. The zero-order valence-electron chi connectivity index (χ0n) is 12.8. The van der Waals surface area contributed by atoms with Gasteiger partial charge in [0.05, 0.1) is 10.0 Å². The summed E-state index contributed by atoms with van der Waals surface area (Å²) in [6.07, 6.45) is -1.20. The van der Waals surface area contributed by atoms with Gasteiger partial charge in [-0.25, -0.2) is 4.79 Å². The van der Waals surface area contributed by atoms with E-state index in [-0.39, 0.29) is 10.6 Å². The van der Waals surface area contributed by atoms with Gasteiger partial charge in [-0.2, -0.15) is 0 Å². The van der Waals surface area contributed by atoms with Crippen LogP contribution in [0, 0.1) is 0 Å². The van der Waals surface area contributed by atoms with Crippen LogP contribution >= 0.6 is 23.2 Å². The Hall–Kier alpha value is -2.32. The summed E-state index contributed by atoms with van der Waals surface area (Å²) in [5.74, 6) is -2.20. The van der Waals surface area contributed by atoms with Crippen molar-refractivity contribution >= 4 is 47.0 Å². The van der Waals surface area contributed by atoms with Gasteiger partial charge in [0.25, 0.3) is 11.8 Å². The van der Waals surface area contributed by atoms with E-state index < -0.39 is 36.5 Å². The van der Waals surface area contributed by atoms with Gasteiger partial charge in [0.2, 0.25) is 0 Å². The van der Waals surface area contributed by atoms with Crippen LogP contribution in [0.1, 0.15) is 17.3 Å². The van der Waals surface area contributed by atoms with E-state index in [1.165, 1.54) is 32.2 Å². The first-order valence-electron chi connectivity index (χ1n) is 6.70. The molecule has 1 aromatic carbocycles. The van der Waals surface area contributed by atoms with Crippen LogP contribution < -0.4 is 16.0 Å². The highest BCUT2D eigenvalue weighted by Gasteiger charge is 2.20. The average molecular weight is 376 g/mol. The normalized spacial score (nSPS) is 11.2. The summed E-state index contributed by atoms with van der Waals surface area (Å²) in [6.45, 7) is 0.827. The first kappa shape index (κ1) is 19.7. The summed E-state index contributed by atoms with van der Waals surface area (Å²) in [5, 5.41) is 6.95. The molecule has 3 N–H and O–H groups in total. The smallest absolute Gasteiger partial charge is 0.326 e. The lowest BCUT2D eigenvalue weighted by molar-refractivity contribution is -0.153. The number of ether oxygens (including phenoxy) is 1. The number of hydrogen-bond acceptors (Lipinski definition) is 5. The highest BCUT2D eigenvalue weighted by Crippen LogP contribution is 2.22. The third kappa shape index (κ3) is 6.05. The van der Waals surface area contributed by atoms with Gasteiger partial charge < -0.3 is 15.4 Å². The quantitative estimate of drug-likeness (QED) is 0.667. The number of benzene rings is 1. The Kier molecular flexibility index (Phi) is 7.47. The summed E-state index contributed by atoms with van der Waals surface area (Å²) >= 11 is 11.5. The molecule has 0 spiro atoms. The maximum absolute atomic E-state index is 11.9. The summed E-state index contributed by atoms with van der Waals surface area (Å²) in [5.41, 5.74) is 0.211. The Labute approximate surface area is 147 Å². The van der Waals surface area contributed by atoms with E-state index in [9.17, 15) is 19.2 Å². The minimum atomic E-state index is -1.20. The molecular weight excluding hydrogens is 361 g/mol. The third-order valence-corrected chi connectivity index (χ3v) is 3.46. The predicted molar refractivity (Wildman–Crippen MR) is 86.9 cm³/mol. The number of nitrogens with one attached hydrogen (secondary N) is 3. The van der Waals surface area contributed by atoms with E-state index in [1.807, 2.05) is 5.32 Å². The highest BCUT2D eigenvalue weighted by atomic mass is 35.5. The van der Waals surface area contributed by atoms with E-state index in [1.54, 1.807) is 0 Å². The topological polar surface area (TPSA) is 114 Å². The van der Waals surface area contributed by atoms with E-state index >= 15 is 0 Å². The molecule has 130 valence electrons. The molecule has 0 heterocycles. The number of hydrogen-bond donors (Lipinski definition) is 3. The molecule has 4 amide bonds. The van der Waals surface area contributed by atoms with Gasteiger partial charge in [-0.05, 0) is 25.1 Å². The molecule has 0 aliphatic heterocycles. The van der Waals surface area contributed by atoms with E-state index in [0.717, 1.165) is 0 Å². The zero-order valence-corrected chi connectivity index (χ0v) is 14.3. The second-order valence-corrected chi connectivity index (χ2v) is 5.33. The van der Waals surface area contributed by atoms with Gasteiger partial charge in [-0.3, -0.25) is 19.7 Å². The summed E-state index contributed by atoms with van der Waals surface area (Å²) in [4.78, 5) is 46.0. The van der Waals surface area contributed by atoms with Crippen LogP contribution in [-0.4, -0.2) is 43.5 Å². The number of esters is 1. The van der Waals surface area contributed by atoms with Crippen LogP contribution in [0.5, 0.6) is 0 Å². The van der Waals surface area contributed by atoms with Crippen molar-refractivity contribution in [3.63, 3.8) is 0 Å². The highest BCUT2D eigenvalue weighted by molar-refractivity contribution is 6.42. The van der Waals surface area contributed by atoms with Gasteiger partial charge in [-0.1, -0.05) is 23.2 Å². The molecule has 0 fully saturated rings. The Morgan fingerprint density at radius 1 is 1.17 bits per heavy atom. The molecule has 0 saturated carbocycles. The second kappa shape index (κ2) is 9.09. The van der Waals surface area contributed by atoms with Gasteiger partial charge >= 0.3 is 12.0 Å². The lowest BCUT2D eigenvalue weighted by Crippen LogP contribution is -2.44. The first-order chi connectivity index (χ1) is 11.2. The van der Waals surface area contributed by atoms with Crippen molar-refractivity contribution in [1.82, 2.24) is 16.0 Å². The summed E-state index contributed by atoms with van der Waals surface area (Å²) in [7, 11) is 1.33. The lowest BCUT2D eigenvalue weighted by atomic mass is 10.2. The van der Waals surface area contributed by atoms with Crippen molar-refractivity contribution in [2.45, 2.75) is 13.0 Å². The molecule has 0 bridgehead atoms. The largest absolute Gasteiger partial charge is 0.451 e. The fourth-order valence-electron chi connectivity index (χ4n) is 1.46. The van der Waals surface area contributed by atoms with E-state index in [0.29, 0.717) is 5.02 Å². The Morgan fingerprint density at radius 3 is 2.42 bits per heavy atom. The summed E-state index contributed by atoms with van der Waals surface area (Å²) < 4.78 is 4.79. The van der Waals surface area contributed by atoms with Gasteiger partial charge in [0.15, 0.2) is 6.10 Å². The molecule has 0 radical (unpaired) electrons. The monoisotopic (exact) mass is 375 g/mol. The van der Waals surface area contributed by atoms with Crippen LogP contribution in [0.3, 0.4) is 0 Å². The van der Waals surface area contributed by atoms with Crippen LogP contribution in [0.25, 0.3) is 0 Å². The SMILES string of the molecule is CNC(=O)NC(=O)C(C)OC(=O)CNC(=O)c1ccc(Cl)c(Cl)c1. The van der Waals surface area contributed by atoms with Crippen molar-refractivity contribution in [3.05, 3.63) is 33.8 Å². The Bertz CT molecular complexity index is 666. The van der Waals surface area contributed by atoms with Crippen molar-refractivity contribution < 1.29 is 23.9 Å². The molecule has 0 aliphatic rings. The number of halogens is 2. The molecule has 1 atom stereocenters. The van der Waals surface area contributed by atoms with Crippen LogP contribution in [0.15, 0.2) is 18.2 Å². The van der Waals surface area contributed by atoms with Crippen molar-refractivity contribution in [2.24, 2.45) is 0 Å². The fraction of sp³-hybridized carbons (Fsp3) is 0.286. The van der Waals surface area contributed by atoms with E-state index in [2.05, 4.69) is 10.6 Å². The second-order valence-electron chi connectivity index (χ2n) is 4.51. The maximum atomic E-state index is 11.9. The van der Waals surface area contributed by atoms with Crippen LogP contribution in [0.2, 0.25) is 10.0 Å². The number of carbonyl (C=O) groups excluding carboxylic acids is 4. The molecule has 24 heavy (non-hydrogen) atoms. The zero-order chi connectivity index (χ0) is 18.3. The number of rotatable bonds is 5. The third-order valence-electron chi connectivity index (χ3n) is 2.72. The molecule has 10 heteroatoms. The molecular formula is C14H15Cl2N3O5. The Morgan fingerprint density at radius 2 is 1.83 bits per heavy atom. The first-order valence-corrected chi connectivity index (χ1v) is 7.45. The summed E-state index contributed by atoms with van der Waals surface area (Å²) in [6, 6.07) is 3.51. The van der Waals surface area contributed by atoms with Gasteiger partial charge in [-0.15, -0.1) is 0 Å². The number of carbonyl (C=O) groups is 4. The molecule has 1 unspecified atom stereocenters. The maximum Gasteiger partial charge on any atom is 0.326 e. The Balaban J connectivity index is 2.47. The average Bonchev–Trinajstić information content (AvgIpc) is 2.54. The molecule has 0 saturated heterocycles. The standard InChI is InChI=1S/C14H15Cl2N3O5/c1-7(12(21)19-14(23)17-2)24-11(20)6-18-13(22)8-3-4-9(15)10(16)5-8/h3-5,7H,6H2,1-2H3,(H,18,22)(H2,17,19,21,23). The lowest BCUT2D eigenvalue weighted by Gasteiger charge is -2.13. The minimum Gasteiger partial charge on any atom is -0.451 e.